The fourth-order valence-corrected chi connectivity index (χ4v) is 5.33. The van der Waals surface area contributed by atoms with Crippen molar-refractivity contribution in [2.24, 2.45) is 5.16 Å². The van der Waals surface area contributed by atoms with Gasteiger partial charge in [-0.2, -0.15) is 10.3 Å². The van der Waals surface area contributed by atoms with Crippen molar-refractivity contribution in [3.8, 4) is 0 Å². The Labute approximate surface area is 179 Å². The van der Waals surface area contributed by atoms with Gasteiger partial charge >= 0.3 is 0 Å². The molecule has 3 aromatic heterocycles. The Hall–Kier alpha value is -3.04. The number of fused-ring (bicyclic) bond motifs is 1. The third-order valence-corrected chi connectivity index (χ3v) is 7.03. The van der Waals surface area contributed by atoms with Crippen LogP contribution < -0.4 is 5.32 Å². The number of rotatable bonds is 5. The molecule has 31 heavy (non-hydrogen) atoms. The molecule has 4 heterocycles. The number of anilines is 1. The van der Waals surface area contributed by atoms with Crippen LogP contribution in [0.25, 0.3) is 11.0 Å². The maximum Gasteiger partial charge on any atom is 0.177 e. The number of oxime groups is 1. The van der Waals surface area contributed by atoms with E-state index < -0.39 is 0 Å². The monoisotopic (exact) mass is 421 g/mol. The van der Waals surface area contributed by atoms with Crippen LogP contribution in [0.3, 0.4) is 0 Å². The molecule has 1 aliphatic heterocycles. The zero-order valence-corrected chi connectivity index (χ0v) is 17.7. The molecule has 10 nitrogen and oxygen atoms in total. The number of hydrogen-bond donors (Lipinski definition) is 2. The van der Waals surface area contributed by atoms with E-state index in [-0.39, 0.29) is 11.5 Å². The van der Waals surface area contributed by atoms with Crippen LogP contribution >= 0.6 is 0 Å². The molecule has 0 bridgehead atoms. The summed E-state index contributed by atoms with van der Waals surface area (Å²) in [6, 6.07) is 0.478. The fourth-order valence-electron chi connectivity index (χ4n) is 5.33. The molecular formula is C21H27N9O. The molecule has 2 aliphatic carbocycles. The van der Waals surface area contributed by atoms with Crippen LogP contribution in [0.2, 0.25) is 0 Å². The molecular weight excluding hydrogens is 394 g/mol. The highest BCUT2D eigenvalue weighted by atomic mass is 16.7. The number of nitrogens with one attached hydrogen (secondary N) is 2. The number of hydrogen-bond acceptors (Lipinski definition) is 8. The van der Waals surface area contributed by atoms with Gasteiger partial charge in [-0.3, -0.25) is 0 Å². The summed E-state index contributed by atoms with van der Waals surface area (Å²) in [5.41, 5.74) is 3.76. The SMILES string of the molecule is CCn1ncc2c(NC3CCCCC3)c(C3=NOC4(C3)CC(c3nn[nH]n3)C4)cnc21. The van der Waals surface area contributed by atoms with Gasteiger partial charge in [0.25, 0.3) is 0 Å². The third-order valence-electron chi connectivity index (χ3n) is 7.03. The molecule has 6 rings (SSSR count). The minimum absolute atomic E-state index is 0.259. The smallest absolute Gasteiger partial charge is 0.177 e. The third kappa shape index (κ3) is 3.16. The average molecular weight is 422 g/mol. The predicted molar refractivity (Wildman–Crippen MR) is 115 cm³/mol. The van der Waals surface area contributed by atoms with Crippen LogP contribution in [0.5, 0.6) is 0 Å². The number of tetrazole rings is 1. The quantitative estimate of drug-likeness (QED) is 0.649. The van der Waals surface area contributed by atoms with Crippen molar-refractivity contribution in [1.82, 2.24) is 35.4 Å². The zero-order chi connectivity index (χ0) is 20.8. The molecule has 0 atom stereocenters. The number of H-pyrrole nitrogens is 1. The summed E-state index contributed by atoms with van der Waals surface area (Å²) in [7, 11) is 0. The minimum atomic E-state index is -0.259. The van der Waals surface area contributed by atoms with E-state index in [9.17, 15) is 0 Å². The van der Waals surface area contributed by atoms with Crippen LogP contribution in [-0.4, -0.2) is 52.7 Å². The van der Waals surface area contributed by atoms with Crippen molar-refractivity contribution in [1.29, 1.82) is 0 Å². The standard InChI is InChI=1S/C21H27N9O/c1-2-30-20-16(12-23-30)18(24-14-6-4-3-5-7-14)15(11-22-20)17-10-21(31-27-17)8-13(9-21)19-25-28-29-26-19/h11-14H,2-10H2,1H3,(H,22,24)(H,25,26,28,29). The Morgan fingerprint density at radius 3 is 2.87 bits per heavy atom. The lowest BCUT2D eigenvalue weighted by molar-refractivity contribution is -0.0893. The summed E-state index contributed by atoms with van der Waals surface area (Å²) in [4.78, 5) is 10.7. The molecule has 2 fully saturated rings. The largest absolute Gasteiger partial charge is 0.389 e. The van der Waals surface area contributed by atoms with Crippen LogP contribution in [0.4, 0.5) is 5.69 Å². The number of aryl methyl sites for hydroxylation is 1. The Morgan fingerprint density at radius 1 is 1.23 bits per heavy atom. The highest BCUT2D eigenvalue weighted by Crippen LogP contribution is 2.51. The molecule has 0 amide bonds. The first-order valence-corrected chi connectivity index (χ1v) is 11.3. The lowest BCUT2D eigenvalue weighted by atomic mass is 9.68. The lowest BCUT2D eigenvalue weighted by Gasteiger charge is -2.40. The van der Waals surface area contributed by atoms with Gasteiger partial charge in [-0.05, 0) is 19.8 Å². The second kappa shape index (κ2) is 7.28. The van der Waals surface area contributed by atoms with E-state index in [2.05, 4.69) is 43.1 Å². The molecule has 0 unspecified atom stereocenters. The normalized spacial score (nSPS) is 26.1. The fraction of sp³-hybridized carbons (Fsp3) is 0.619. The van der Waals surface area contributed by atoms with Gasteiger partial charge in [0.2, 0.25) is 0 Å². The molecule has 2 saturated carbocycles. The van der Waals surface area contributed by atoms with E-state index in [4.69, 9.17) is 9.82 Å². The molecule has 162 valence electrons. The summed E-state index contributed by atoms with van der Waals surface area (Å²) < 4.78 is 1.95. The lowest BCUT2D eigenvalue weighted by Crippen LogP contribution is -2.43. The van der Waals surface area contributed by atoms with Crippen molar-refractivity contribution < 1.29 is 4.84 Å². The van der Waals surface area contributed by atoms with Gasteiger partial charge in [0.1, 0.15) is 5.60 Å². The first-order chi connectivity index (χ1) is 15.2. The number of pyridine rings is 1. The summed E-state index contributed by atoms with van der Waals surface area (Å²) in [5.74, 6) is 1.04. The second-order valence-corrected chi connectivity index (χ2v) is 9.09. The summed E-state index contributed by atoms with van der Waals surface area (Å²) in [5, 5.41) is 28.4. The number of nitrogens with zero attached hydrogens (tertiary/aromatic N) is 7. The van der Waals surface area contributed by atoms with E-state index in [1.54, 1.807) is 0 Å². The minimum Gasteiger partial charge on any atom is -0.389 e. The van der Waals surface area contributed by atoms with Gasteiger partial charge in [-0.15, -0.1) is 10.2 Å². The summed E-state index contributed by atoms with van der Waals surface area (Å²) in [6.45, 7) is 2.88. The summed E-state index contributed by atoms with van der Waals surface area (Å²) >= 11 is 0. The van der Waals surface area contributed by atoms with Crippen molar-refractivity contribution in [2.45, 2.75) is 82.4 Å². The van der Waals surface area contributed by atoms with Gasteiger partial charge in [-0.25, -0.2) is 9.67 Å². The van der Waals surface area contributed by atoms with Crippen LogP contribution in [0, 0.1) is 0 Å². The van der Waals surface area contributed by atoms with E-state index in [1.807, 2.05) is 17.1 Å². The van der Waals surface area contributed by atoms with Crippen LogP contribution in [-0.2, 0) is 11.4 Å². The Morgan fingerprint density at radius 2 is 2.10 bits per heavy atom. The summed E-state index contributed by atoms with van der Waals surface area (Å²) in [6.07, 6.45) is 12.6. The highest BCUT2D eigenvalue weighted by Gasteiger charge is 2.53. The van der Waals surface area contributed by atoms with E-state index in [0.29, 0.717) is 6.04 Å². The van der Waals surface area contributed by atoms with Gasteiger partial charge < -0.3 is 10.2 Å². The van der Waals surface area contributed by atoms with Gasteiger partial charge in [0.15, 0.2) is 11.5 Å². The first kappa shape index (κ1) is 18.7. The molecule has 0 aromatic carbocycles. The Balaban J connectivity index is 1.29. The molecule has 0 saturated heterocycles. The average Bonchev–Trinajstić information content (AvgIpc) is 3.52. The number of aromatic amines is 1. The first-order valence-electron chi connectivity index (χ1n) is 11.3. The Bertz CT molecular complexity index is 1110. The maximum atomic E-state index is 5.98. The topological polar surface area (TPSA) is 119 Å². The highest BCUT2D eigenvalue weighted by molar-refractivity contribution is 6.10. The van der Waals surface area contributed by atoms with Crippen molar-refractivity contribution in [3.05, 3.63) is 23.8 Å². The van der Waals surface area contributed by atoms with Gasteiger partial charge in [0.05, 0.1) is 23.0 Å². The van der Waals surface area contributed by atoms with E-state index in [1.165, 1.54) is 32.1 Å². The molecule has 3 aromatic rings. The predicted octanol–water partition coefficient (Wildman–Crippen LogP) is 3.15. The van der Waals surface area contributed by atoms with Crippen molar-refractivity contribution >= 4 is 22.4 Å². The Kier molecular flexibility index (Phi) is 4.39. The molecule has 10 heteroatoms. The van der Waals surface area contributed by atoms with Gasteiger partial charge in [-0.1, -0.05) is 29.6 Å². The molecule has 0 radical (unpaired) electrons. The van der Waals surface area contributed by atoms with Crippen LogP contribution in [0.1, 0.15) is 75.6 Å². The maximum absolute atomic E-state index is 5.98. The molecule has 3 aliphatic rings. The van der Waals surface area contributed by atoms with Crippen LogP contribution in [0.15, 0.2) is 17.5 Å². The van der Waals surface area contributed by atoms with Gasteiger partial charge in [0, 0.05) is 49.5 Å². The zero-order valence-electron chi connectivity index (χ0n) is 17.7. The van der Waals surface area contributed by atoms with E-state index >= 15 is 0 Å². The second-order valence-electron chi connectivity index (χ2n) is 9.09. The van der Waals surface area contributed by atoms with Crippen molar-refractivity contribution in [3.63, 3.8) is 0 Å². The van der Waals surface area contributed by atoms with Crippen molar-refractivity contribution in [2.75, 3.05) is 5.32 Å². The molecule has 1 spiro atoms. The molecule has 2 N–H and O–H groups in total. The van der Waals surface area contributed by atoms with E-state index in [0.717, 1.165) is 59.6 Å². The number of aromatic nitrogens is 7.